The Balaban J connectivity index is 2.38. The van der Waals surface area contributed by atoms with Crippen LogP contribution in [0.2, 0.25) is 0 Å². The third-order valence-electron chi connectivity index (χ3n) is 2.12. The van der Waals surface area contributed by atoms with E-state index in [4.69, 9.17) is 5.73 Å². The molecule has 2 rings (SSSR count). The zero-order valence-corrected chi connectivity index (χ0v) is 6.68. The topological polar surface area (TPSA) is 70.9 Å². The predicted octanol–water partition coefficient (Wildman–Crippen LogP) is -0.241. The van der Waals surface area contributed by atoms with Crippen LogP contribution in [0, 0.1) is 0 Å². The number of hydrogen-bond acceptors (Lipinski definition) is 2. The first-order valence-corrected chi connectivity index (χ1v) is 3.98. The minimum Gasteiger partial charge on any atom is -0.364 e. The lowest BCUT2D eigenvalue weighted by atomic mass is 10.1. The van der Waals surface area contributed by atoms with Gasteiger partial charge in [-0.05, 0) is 11.6 Å². The molecule has 2 heterocycles. The van der Waals surface area contributed by atoms with Gasteiger partial charge in [0, 0.05) is 25.2 Å². The molecule has 0 unspecified atom stereocenters. The van der Waals surface area contributed by atoms with E-state index in [1.807, 2.05) is 6.07 Å². The highest BCUT2D eigenvalue weighted by Gasteiger charge is 2.13. The molecule has 0 bridgehead atoms. The summed E-state index contributed by atoms with van der Waals surface area (Å²) in [5.41, 5.74) is 7.96. The number of primary amides is 1. The molecule has 12 heavy (non-hydrogen) atoms. The fourth-order valence-corrected chi connectivity index (χ4v) is 1.49. The van der Waals surface area contributed by atoms with Gasteiger partial charge in [-0.1, -0.05) is 0 Å². The van der Waals surface area contributed by atoms with Crippen molar-refractivity contribution in [1.82, 2.24) is 10.3 Å². The lowest BCUT2D eigenvalue weighted by Gasteiger charge is -2.11. The van der Waals surface area contributed by atoms with Crippen molar-refractivity contribution in [1.29, 1.82) is 0 Å². The minimum atomic E-state index is -0.385. The summed E-state index contributed by atoms with van der Waals surface area (Å²) in [5.74, 6) is -0.385. The lowest BCUT2D eigenvalue weighted by Crippen LogP contribution is -2.22. The fraction of sp³-hybridized carbons (Fsp3) is 0.375. The van der Waals surface area contributed by atoms with Gasteiger partial charge in [0.1, 0.15) is 5.69 Å². The molecule has 4 N–H and O–H groups in total. The monoisotopic (exact) mass is 165 g/mol. The minimum absolute atomic E-state index is 0.385. The SMILES string of the molecule is NC(=O)c1cc2c([nH]1)CCNC2. The summed E-state index contributed by atoms with van der Waals surface area (Å²) in [6.45, 7) is 1.80. The number of nitrogens with two attached hydrogens (primary N) is 1. The highest BCUT2D eigenvalue weighted by molar-refractivity contribution is 5.91. The molecule has 0 fully saturated rings. The Morgan fingerprint density at radius 2 is 2.42 bits per heavy atom. The van der Waals surface area contributed by atoms with Gasteiger partial charge in [0.2, 0.25) is 0 Å². The van der Waals surface area contributed by atoms with Crippen molar-refractivity contribution in [2.24, 2.45) is 5.73 Å². The number of hydrogen-bond donors (Lipinski definition) is 3. The summed E-state index contributed by atoms with van der Waals surface area (Å²) in [6, 6.07) is 1.82. The molecule has 0 radical (unpaired) electrons. The smallest absolute Gasteiger partial charge is 0.265 e. The van der Waals surface area contributed by atoms with Crippen LogP contribution in [-0.4, -0.2) is 17.4 Å². The molecule has 0 atom stereocenters. The van der Waals surface area contributed by atoms with E-state index in [0.717, 1.165) is 30.8 Å². The van der Waals surface area contributed by atoms with Crippen LogP contribution >= 0.6 is 0 Å². The fourth-order valence-electron chi connectivity index (χ4n) is 1.49. The molecular formula is C8H11N3O. The zero-order valence-electron chi connectivity index (χ0n) is 6.68. The highest BCUT2D eigenvalue weighted by atomic mass is 16.1. The van der Waals surface area contributed by atoms with E-state index in [9.17, 15) is 4.79 Å². The van der Waals surface area contributed by atoms with Crippen molar-refractivity contribution < 1.29 is 4.79 Å². The number of fused-ring (bicyclic) bond motifs is 1. The summed E-state index contributed by atoms with van der Waals surface area (Å²) in [4.78, 5) is 13.8. The van der Waals surface area contributed by atoms with Crippen LogP contribution in [0.25, 0.3) is 0 Å². The van der Waals surface area contributed by atoms with Crippen LogP contribution < -0.4 is 11.1 Å². The van der Waals surface area contributed by atoms with E-state index in [-0.39, 0.29) is 5.91 Å². The molecule has 4 heteroatoms. The van der Waals surface area contributed by atoms with Gasteiger partial charge in [0.15, 0.2) is 0 Å². The third-order valence-corrected chi connectivity index (χ3v) is 2.12. The average Bonchev–Trinajstić information content (AvgIpc) is 2.46. The van der Waals surface area contributed by atoms with E-state index in [2.05, 4.69) is 10.3 Å². The van der Waals surface area contributed by atoms with Crippen molar-refractivity contribution in [3.63, 3.8) is 0 Å². The first-order valence-electron chi connectivity index (χ1n) is 3.98. The number of nitrogens with one attached hydrogen (secondary N) is 2. The van der Waals surface area contributed by atoms with Crippen LogP contribution in [-0.2, 0) is 13.0 Å². The molecule has 0 saturated heterocycles. The maximum absolute atomic E-state index is 10.8. The number of rotatable bonds is 1. The second-order valence-corrected chi connectivity index (χ2v) is 2.98. The second kappa shape index (κ2) is 2.64. The molecule has 1 aliphatic rings. The number of amides is 1. The van der Waals surface area contributed by atoms with Crippen molar-refractivity contribution in [2.45, 2.75) is 13.0 Å². The van der Waals surface area contributed by atoms with Gasteiger partial charge in [-0.3, -0.25) is 4.79 Å². The zero-order chi connectivity index (χ0) is 8.55. The van der Waals surface area contributed by atoms with Gasteiger partial charge in [0.05, 0.1) is 0 Å². The first-order chi connectivity index (χ1) is 5.77. The van der Waals surface area contributed by atoms with E-state index in [1.165, 1.54) is 0 Å². The summed E-state index contributed by atoms with van der Waals surface area (Å²) in [5, 5.41) is 3.22. The number of carbonyl (C=O) groups excluding carboxylic acids is 1. The van der Waals surface area contributed by atoms with Gasteiger partial charge >= 0.3 is 0 Å². The number of H-pyrrole nitrogens is 1. The third kappa shape index (κ3) is 1.10. The molecule has 0 spiro atoms. The standard InChI is InChI=1S/C8H11N3O/c9-8(12)7-3-5-4-10-2-1-6(5)11-7/h3,10-11H,1-2,4H2,(H2,9,12). The molecular weight excluding hydrogens is 154 g/mol. The summed E-state index contributed by atoms with van der Waals surface area (Å²) in [6.07, 6.45) is 0.947. The average molecular weight is 165 g/mol. The second-order valence-electron chi connectivity index (χ2n) is 2.98. The van der Waals surface area contributed by atoms with Crippen LogP contribution in [0.4, 0.5) is 0 Å². The quantitative estimate of drug-likeness (QED) is 0.537. The van der Waals surface area contributed by atoms with Gasteiger partial charge in [-0.2, -0.15) is 0 Å². The summed E-state index contributed by atoms with van der Waals surface area (Å²) in [7, 11) is 0. The Kier molecular flexibility index (Phi) is 1.62. The molecule has 0 saturated carbocycles. The highest BCUT2D eigenvalue weighted by Crippen LogP contribution is 2.14. The van der Waals surface area contributed by atoms with Crippen LogP contribution in [0.15, 0.2) is 6.07 Å². The number of aromatic nitrogens is 1. The Morgan fingerprint density at radius 1 is 1.58 bits per heavy atom. The molecule has 4 nitrogen and oxygen atoms in total. The Morgan fingerprint density at radius 3 is 3.08 bits per heavy atom. The Hall–Kier alpha value is -1.29. The molecule has 1 aliphatic heterocycles. The van der Waals surface area contributed by atoms with Crippen LogP contribution in [0.1, 0.15) is 21.7 Å². The van der Waals surface area contributed by atoms with Crippen molar-refractivity contribution >= 4 is 5.91 Å². The van der Waals surface area contributed by atoms with E-state index < -0.39 is 0 Å². The van der Waals surface area contributed by atoms with E-state index >= 15 is 0 Å². The van der Waals surface area contributed by atoms with Crippen molar-refractivity contribution in [3.8, 4) is 0 Å². The first kappa shape index (κ1) is 7.36. The van der Waals surface area contributed by atoms with Gasteiger partial charge < -0.3 is 16.0 Å². The van der Waals surface area contributed by atoms with Crippen molar-refractivity contribution in [2.75, 3.05) is 6.54 Å². The summed E-state index contributed by atoms with van der Waals surface area (Å²) >= 11 is 0. The molecule has 1 aromatic rings. The Labute approximate surface area is 70.1 Å². The van der Waals surface area contributed by atoms with Gasteiger partial charge in [0.25, 0.3) is 5.91 Å². The van der Waals surface area contributed by atoms with Gasteiger partial charge in [-0.25, -0.2) is 0 Å². The molecule has 1 amide bonds. The molecule has 1 aromatic heterocycles. The Bertz CT molecular complexity index is 293. The lowest BCUT2D eigenvalue weighted by molar-refractivity contribution is 0.0996. The molecule has 0 aliphatic carbocycles. The maximum atomic E-state index is 10.8. The molecule has 64 valence electrons. The van der Waals surface area contributed by atoms with Crippen LogP contribution in [0.5, 0.6) is 0 Å². The van der Waals surface area contributed by atoms with Crippen molar-refractivity contribution in [3.05, 3.63) is 23.0 Å². The summed E-state index contributed by atoms with van der Waals surface area (Å²) < 4.78 is 0. The largest absolute Gasteiger partial charge is 0.364 e. The van der Waals surface area contributed by atoms with E-state index in [1.54, 1.807) is 0 Å². The predicted molar refractivity (Wildman–Crippen MR) is 44.7 cm³/mol. The normalized spacial score (nSPS) is 15.7. The van der Waals surface area contributed by atoms with Gasteiger partial charge in [-0.15, -0.1) is 0 Å². The van der Waals surface area contributed by atoms with Crippen LogP contribution in [0.3, 0.4) is 0 Å². The number of carbonyl (C=O) groups is 1. The number of aromatic amines is 1. The van der Waals surface area contributed by atoms with E-state index in [0.29, 0.717) is 5.69 Å². The molecule has 0 aromatic carbocycles. The maximum Gasteiger partial charge on any atom is 0.265 e.